The molecule has 1 aliphatic heterocycles. The lowest BCUT2D eigenvalue weighted by molar-refractivity contribution is 0.168. The molecule has 1 saturated heterocycles. The molecule has 0 aromatic heterocycles. The first-order valence-electron chi connectivity index (χ1n) is 7.75. The molecule has 2 aliphatic rings. The van der Waals surface area contributed by atoms with E-state index in [4.69, 9.17) is 0 Å². The van der Waals surface area contributed by atoms with Crippen LogP contribution >= 0.6 is 0 Å². The quantitative estimate of drug-likeness (QED) is 0.892. The van der Waals surface area contributed by atoms with Crippen molar-refractivity contribution in [1.82, 2.24) is 10.2 Å². The third kappa shape index (κ3) is 3.37. The molecule has 1 aromatic rings. The highest BCUT2D eigenvalue weighted by Crippen LogP contribution is 2.39. The summed E-state index contributed by atoms with van der Waals surface area (Å²) < 4.78 is 0. The zero-order valence-corrected chi connectivity index (χ0v) is 12.2. The molecule has 2 heteroatoms. The van der Waals surface area contributed by atoms with Crippen LogP contribution in [0.1, 0.15) is 49.7 Å². The Balaban J connectivity index is 1.48. The topological polar surface area (TPSA) is 15.3 Å². The van der Waals surface area contributed by atoms with E-state index in [2.05, 4.69) is 48.5 Å². The summed E-state index contributed by atoms with van der Waals surface area (Å²) in [5.74, 6) is 0.872. The molecule has 2 unspecified atom stereocenters. The van der Waals surface area contributed by atoms with E-state index in [1.807, 2.05) is 0 Å². The molecule has 2 atom stereocenters. The fourth-order valence-electron chi connectivity index (χ4n) is 3.06. The van der Waals surface area contributed by atoms with E-state index < -0.39 is 0 Å². The van der Waals surface area contributed by atoms with Crippen LogP contribution in [-0.2, 0) is 6.54 Å². The summed E-state index contributed by atoms with van der Waals surface area (Å²) >= 11 is 0. The van der Waals surface area contributed by atoms with Gasteiger partial charge in [-0.3, -0.25) is 0 Å². The number of hydrogen-bond donors (Lipinski definition) is 1. The van der Waals surface area contributed by atoms with Gasteiger partial charge in [0.1, 0.15) is 0 Å². The molecule has 2 nitrogen and oxygen atoms in total. The van der Waals surface area contributed by atoms with Crippen molar-refractivity contribution in [3.8, 4) is 0 Å². The molecule has 3 rings (SSSR count). The van der Waals surface area contributed by atoms with Crippen LogP contribution in [0.15, 0.2) is 24.3 Å². The fraction of sp³-hybridized carbons (Fsp3) is 0.647. The third-order valence-electron chi connectivity index (χ3n) is 4.83. The van der Waals surface area contributed by atoms with Crippen molar-refractivity contribution in [1.29, 1.82) is 0 Å². The van der Waals surface area contributed by atoms with Gasteiger partial charge in [-0.1, -0.05) is 24.3 Å². The van der Waals surface area contributed by atoms with Gasteiger partial charge < -0.3 is 10.2 Å². The van der Waals surface area contributed by atoms with Gasteiger partial charge in [0.05, 0.1) is 0 Å². The number of hydrogen-bond acceptors (Lipinski definition) is 2. The number of piperidine rings is 1. The SMILES string of the molecule is CC1CC(NCc2ccc(C3CC3)cc2)CCN1C. The second-order valence-electron chi connectivity index (χ2n) is 6.45. The van der Waals surface area contributed by atoms with Gasteiger partial charge >= 0.3 is 0 Å². The zero-order valence-electron chi connectivity index (χ0n) is 12.2. The van der Waals surface area contributed by atoms with Gasteiger partial charge in [-0.15, -0.1) is 0 Å². The Hall–Kier alpha value is -0.860. The molecule has 2 fully saturated rings. The minimum Gasteiger partial charge on any atom is -0.310 e. The van der Waals surface area contributed by atoms with Crippen LogP contribution in [-0.4, -0.2) is 30.6 Å². The molecular weight excluding hydrogens is 232 g/mol. The first-order chi connectivity index (χ1) is 9.22. The molecule has 0 amide bonds. The van der Waals surface area contributed by atoms with Crippen LogP contribution in [0.5, 0.6) is 0 Å². The number of rotatable bonds is 4. The van der Waals surface area contributed by atoms with Crippen molar-refractivity contribution in [2.24, 2.45) is 0 Å². The maximum atomic E-state index is 3.73. The van der Waals surface area contributed by atoms with Crippen molar-refractivity contribution in [2.45, 2.75) is 57.2 Å². The summed E-state index contributed by atoms with van der Waals surface area (Å²) in [5.41, 5.74) is 2.97. The van der Waals surface area contributed by atoms with Gasteiger partial charge in [0.15, 0.2) is 0 Å². The lowest BCUT2D eigenvalue weighted by Crippen LogP contribution is -2.45. The Bertz CT molecular complexity index is 408. The number of nitrogens with one attached hydrogen (secondary N) is 1. The van der Waals surface area contributed by atoms with Gasteiger partial charge in [0, 0.05) is 18.6 Å². The molecule has 1 N–H and O–H groups in total. The standard InChI is InChI=1S/C17H26N2/c1-13-11-17(9-10-19(13)2)18-12-14-3-5-15(6-4-14)16-7-8-16/h3-6,13,16-18H,7-12H2,1-2H3. The summed E-state index contributed by atoms with van der Waals surface area (Å²) in [5, 5.41) is 3.73. The Kier molecular flexibility index (Phi) is 3.90. The van der Waals surface area contributed by atoms with Crippen LogP contribution in [0.3, 0.4) is 0 Å². The number of benzene rings is 1. The molecular formula is C17H26N2. The summed E-state index contributed by atoms with van der Waals surface area (Å²) in [4.78, 5) is 2.46. The van der Waals surface area contributed by atoms with E-state index in [0.29, 0.717) is 12.1 Å². The lowest BCUT2D eigenvalue weighted by atomic mass is 9.98. The normalized spacial score (nSPS) is 28.5. The minimum atomic E-state index is 0.689. The molecule has 1 saturated carbocycles. The number of likely N-dealkylation sites (tertiary alicyclic amines) is 1. The third-order valence-corrected chi connectivity index (χ3v) is 4.83. The maximum absolute atomic E-state index is 3.73. The van der Waals surface area contributed by atoms with E-state index in [1.54, 1.807) is 0 Å². The highest BCUT2D eigenvalue weighted by molar-refractivity contribution is 5.28. The highest BCUT2D eigenvalue weighted by atomic mass is 15.1. The average molecular weight is 258 g/mol. The Morgan fingerprint density at radius 1 is 1.16 bits per heavy atom. The summed E-state index contributed by atoms with van der Waals surface area (Å²) in [6, 6.07) is 10.7. The molecule has 1 heterocycles. The monoisotopic (exact) mass is 258 g/mol. The predicted molar refractivity (Wildman–Crippen MR) is 80.4 cm³/mol. The Morgan fingerprint density at radius 2 is 1.89 bits per heavy atom. The van der Waals surface area contributed by atoms with Crippen molar-refractivity contribution in [2.75, 3.05) is 13.6 Å². The van der Waals surface area contributed by atoms with Gasteiger partial charge in [0.2, 0.25) is 0 Å². The van der Waals surface area contributed by atoms with E-state index in [-0.39, 0.29) is 0 Å². The van der Waals surface area contributed by atoms with Gasteiger partial charge in [0.25, 0.3) is 0 Å². The maximum Gasteiger partial charge on any atom is 0.0208 e. The Morgan fingerprint density at radius 3 is 2.53 bits per heavy atom. The second kappa shape index (κ2) is 5.64. The molecule has 1 aromatic carbocycles. The van der Waals surface area contributed by atoms with E-state index >= 15 is 0 Å². The molecule has 0 spiro atoms. The van der Waals surface area contributed by atoms with Crippen LogP contribution in [0, 0.1) is 0 Å². The fourth-order valence-corrected chi connectivity index (χ4v) is 3.06. The van der Waals surface area contributed by atoms with Crippen LogP contribution in [0.4, 0.5) is 0 Å². The van der Waals surface area contributed by atoms with Gasteiger partial charge in [-0.2, -0.15) is 0 Å². The van der Waals surface area contributed by atoms with Gasteiger partial charge in [-0.05, 0) is 63.2 Å². The predicted octanol–water partition coefficient (Wildman–Crippen LogP) is 3.14. The first-order valence-corrected chi connectivity index (χ1v) is 7.75. The summed E-state index contributed by atoms with van der Waals surface area (Å²) in [6.07, 6.45) is 5.34. The van der Waals surface area contributed by atoms with Gasteiger partial charge in [-0.25, -0.2) is 0 Å². The van der Waals surface area contributed by atoms with Crippen LogP contribution in [0.2, 0.25) is 0 Å². The van der Waals surface area contributed by atoms with Crippen molar-refractivity contribution >= 4 is 0 Å². The molecule has 0 bridgehead atoms. The largest absolute Gasteiger partial charge is 0.310 e. The van der Waals surface area contributed by atoms with E-state index in [1.165, 1.54) is 43.4 Å². The first kappa shape index (κ1) is 13.1. The molecule has 19 heavy (non-hydrogen) atoms. The van der Waals surface area contributed by atoms with Crippen LogP contribution < -0.4 is 5.32 Å². The van der Waals surface area contributed by atoms with Crippen molar-refractivity contribution in [3.63, 3.8) is 0 Å². The van der Waals surface area contributed by atoms with Crippen LogP contribution in [0.25, 0.3) is 0 Å². The summed E-state index contributed by atoms with van der Waals surface area (Å²) in [7, 11) is 2.23. The molecule has 1 aliphatic carbocycles. The smallest absolute Gasteiger partial charge is 0.0208 e. The van der Waals surface area contributed by atoms with E-state index in [0.717, 1.165) is 12.5 Å². The lowest BCUT2D eigenvalue weighted by Gasteiger charge is -2.35. The number of nitrogens with zero attached hydrogens (tertiary/aromatic N) is 1. The average Bonchev–Trinajstić information content (AvgIpc) is 3.25. The molecule has 0 radical (unpaired) electrons. The minimum absolute atomic E-state index is 0.689. The zero-order chi connectivity index (χ0) is 13.2. The second-order valence-corrected chi connectivity index (χ2v) is 6.45. The van der Waals surface area contributed by atoms with E-state index in [9.17, 15) is 0 Å². The van der Waals surface area contributed by atoms with Crippen molar-refractivity contribution in [3.05, 3.63) is 35.4 Å². The highest BCUT2D eigenvalue weighted by Gasteiger charge is 2.23. The Labute approximate surface area is 117 Å². The molecule has 104 valence electrons. The summed E-state index contributed by atoms with van der Waals surface area (Å²) in [6.45, 7) is 4.57. The van der Waals surface area contributed by atoms with Crippen molar-refractivity contribution < 1.29 is 0 Å².